The van der Waals surface area contributed by atoms with Crippen LogP contribution in [0, 0.1) is 11.6 Å². The van der Waals surface area contributed by atoms with Gasteiger partial charge in [0.05, 0.1) is 5.56 Å². The second-order valence-electron chi connectivity index (χ2n) is 8.46. The summed E-state index contributed by atoms with van der Waals surface area (Å²) in [6.45, 7) is 2.11. The fraction of sp³-hybridized carbons (Fsp3) is 0.348. The molecule has 1 amide bonds. The Labute approximate surface area is 194 Å². The number of hydrogen-bond acceptors (Lipinski definition) is 7. The van der Waals surface area contributed by atoms with E-state index in [-0.39, 0.29) is 29.3 Å². The number of amides is 1. The summed E-state index contributed by atoms with van der Waals surface area (Å²) in [4.78, 5) is 18.8. The smallest absolute Gasteiger partial charge is 0.224 e. The zero-order valence-electron chi connectivity index (χ0n) is 18.4. The van der Waals surface area contributed by atoms with Gasteiger partial charge in [0.15, 0.2) is 17.5 Å². The van der Waals surface area contributed by atoms with E-state index in [0.717, 1.165) is 41.3 Å². The molecule has 1 atom stereocenters. The normalized spacial score (nSPS) is 18.2. The Hall–Kier alpha value is -3.73. The van der Waals surface area contributed by atoms with E-state index in [9.17, 15) is 13.6 Å². The summed E-state index contributed by atoms with van der Waals surface area (Å²) in [7, 11) is 0. The van der Waals surface area contributed by atoms with Gasteiger partial charge in [0.25, 0.3) is 0 Å². The fourth-order valence-corrected chi connectivity index (χ4v) is 4.43. The zero-order valence-corrected chi connectivity index (χ0v) is 18.4. The maximum Gasteiger partial charge on any atom is 0.224 e. The van der Waals surface area contributed by atoms with Crippen LogP contribution in [0.25, 0.3) is 22.6 Å². The first-order valence-corrected chi connectivity index (χ1v) is 11.2. The summed E-state index contributed by atoms with van der Waals surface area (Å²) in [6, 6.07) is 5.83. The van der Waals surface area contributed by atoms with E-state index in [4.69, 9.17) is 5.73 Å². The number of nitrogen functional groups attached to an aromatic ring is 1. The number of nitrogens with two attached hydrogens (primary N) is 1. The van der Waals surface area contributed by atoms with Crippen molar-refractivity contribution >= 4 is 17.3 Å². The Balaban J connectivity index is 1.39. The second-order valence-corrected chi connectivity index (χ2v) is 8.46. The van der Waals surface area contributed by atoms with Gasteiger partial charge in [-0.3, -0.25) is 4.79 Å². The third-order valence-corrected chi connectivity index (χ3v) is 6.30. The van der Waals surface area contributed by atoms with Crippen LogP contribution in [0.15, 0.2) is 36.5 Å². The van der Waals surface area contributed by atoms with Crippen LogP contribution in [0.2, 0.25) is 0 Å². The van der Waals surface area contributed by atoms with Crippen molar-refractivity contribution in [3.8, 4) is 17.1 Å². The number of aromatic nitrogens is 5. The van der Waals surface area contributed by atoms with Crippen molar-refractivity contribution in [3.05, 3.63) is 53.7 Å². The van der Waals surface area contributed by atoms with Crippen LogP contribution >= 0.6 is 0 Å². The third kappa shape index (κ3) is 4.26. The maximum atomic E-state index is 14.4. The molecule has 0 saturated carbocycles. The second kappa shape index (κ2) is 9.26. The first kappa shape index (κ1) is 22.1. The van der Waals surface area contributed by atoms with Gasteiger partial charge in [-0.05, 0) is 65.6 Å². The first-order valence-electron chi connectivity index (χ1n) is 11.2. The number of carbonyl (C=O) groups excluding carboxylic acids is 1. The van der Waals surface area contributed by atoms with Gasteiger partial charge in [-0.15, -0.1) is 5.10 Å². The number of tetrazole rings is 1. The van der Waals surface area contributed by atoms with Crippen LogP contribution in [0.4, 0.5) is 14.6 Å². The van der Waals surface area contributed by atoms with Crippen LogP contribution in [-0.2, 0) is 4.79 Å². The molecule has 3 N–H and O–H groups in total. The maximum absolute atomic E-state index is 14.4. The van der Waals surface area contributed by atoms with Gasteiger partial charge in [-0.1, -0.05) is 12.1 Å². The standard InChI is InChI=1S/C23H24F2N8O/c24-18-4-1-5-19(21(18)25)33-23(29-30-31-33)17-11-15(13-28-22(17)26)14-6-9-32(10-7-14)20(34)12-16-3-2-8-27-16/h1,4-6,11,13,16,27H,2-3,7-10,12H2,(H2,26,28). The molecule has 1 unspecified atom stereocenters. The number of halogens is 2. The van der Waals surface area contributed by atoms with Crippen molar-refractivity contribution in [1.29, 1.82) is 0 Å². The van der Waals surface area contributed by atoms with Gasteiger partial charge in [0, 0.05) is 31.7 Å². The largest absolute Gasteiger partial charge is 0.383 e. The molecule has 1 fully saturated rings. The lowest BCUT2D eigenvalue weighted by Gasteiger charge is -2.28. The highest BCUT2D eigenvalue weighted by atomic mass is 19.2. The average molecular weight is 466 g/mol. The number of rotatable bonds is 5. The molecule has 9 nitrogen and oxygen atoms in total. The topological polar surface area (TPSA) is 115 Å². The summed E-state index contributed by atoms with van der Waals surface area (Å²) < 4.78 is 29.2. The number of anilines is 1. The molecule has 3 aromatic rings. The Bertz CT molecular complexity index is 1250. The summed E-state index contributed by atoms with van der Waals surface area (Å²) in [5, 5.41) is 14.8. The minimum atomic E-state index is -1.06. The first-order chi connectivity index (χ1) is 16.5. The molecular weight excluding hydrogens is 442 g/mol. The molecule has 1 aromatic carbocycles. The lowest BCUT2D eigenvalue weighted by molar-refractivity contribution is -0.131. The van der Waals surface area contributed by atoms with Gasteiger partial charge < -0.3 is 16.0 Å². The molecule has 11 heteroatoms. The van der Waals surface area contributed by atoms with Crippen LogP contribution in [-0.4, -0.2) is 61.7 Å². The van der Waals surface area contributed by atoms with Crippen molar-refractivity contribution in [2.75, 3.05) is 25.4 Å². The van der Waals surface area contributed by atoms with Crippen molar-refractivity contribution < 1.29 is 13.6 Å². The number of pyridine rings is 1. The predicted octanol–water partition coefficient (Wildman–Crippen LogP) is 2.34. The molecule has 0 spiro atoms. The Morgan fingerprint density at radius 3 is 2.94 bits per heavy atom. The average Bonchev–Trinajstić information content (AvgIpc) is 3.54. The van der Waals surface area contributed by atoms with E-state index < -0.39 is 11.6 Å². The molecule has 2 aliphatic heterocycles. The lowest BCUT2D eigenvalue weighted by atomic mass is 9.99. The van der Waals surface area contributed by atoms with Gasteiger partial charge in [0.1, 0.15) is 11.5 Å². The van der Waals surface area contributed by atoms with E-state index in [1.165, 1.54) is 12.1 Å². The van der Waals surface area contributed by atoms with E-state index in [0.29, 0.717) is 31.5 Å². The molecule has 0 radical (unpaired) electrons. The minimum Gasteiger partial charge on any atom is -0.383 e. The Morgan fingerprint density at radius 2 is 2.18 bits per heavy atom. The number of benzene rings is 1. The van der Waals surface area contributed by atoms with Crippen LogP contribution in [0.3, 0.4) is 0 Å². The molecule has 34 heavy (non-hydrogen) atoms. The number of carbonyl (C=O) groups is 1. The minimum absolute atomic E-state index is 0.132. The van der Waals surface area contributed by atoms with Crippen molar-refractivity contribution in [3.63, 3.8) is 0 Å². The van der Waals surface area contributed by atoms with Crippen LogP contribution in [0.5, 0.6) is 0 Å². The highest BCUT2D eigenvalue weighted by Gasteiger charge is 2.24. The molecule has 4 heterocycles. The fourth-order valence-electron chi connectivity index (χ4n) is 4.43. The third-order valence-electron chi connectivity index (χ3n) is 6.30. The predicted molar refractivity (Wildman–Crippen MR) is 122 cm³/mol. The van der Waals surface area contributed by atoms with Gasteiger partial charge >= 0.3 is 0 Å². The van der Waals surface area contributed by atoms with Crippen molar-refractivity contribution in [1.82, 2.24) is 35.4 Å². The summed E-state index contributed by atoms with van der Waals surface area (Å²) in [5.74, 6) is -1.61. The SMILES string of the molecule is Nc1ncc(C2=CCN(C(=O)CC3CCCN3)CC2)cc1-c1nnnn1-c1cccc(F)c1F. The monoisotopic (exact) mass is 466 g/mol. The van der Waals surface area contributed by atoms with Crippen molar-refractivity contribution in [2.24, 2.45) is 0 Å². The van der Waals surface area contributed by atoms with E-state index in [1.807, 2.05) is 11.0 Å². The molecule has 5 rings (SSSR count). The number of nitrogens with zero attached hydrogens (tertiary/aromatic N) is 6. The Kier molecular flexibility index (Phi) is 6.01. The van der Waals surface area contributed by atoms with Crippen molar-refractivity contribution in [2.45, 2.75) is 31.7 Å². The Morgan fingerprint density at radius 1 is 1.29 bits per heavy atom. The van der Waals surface area contributed by atoms with E-state index >= 15 is 0 Å². The van der Waals surface area contributed by atoms with E-state index in [1.54, 1.807) is 12.3 Å². The highest BCUT2D eigenvalue weighted by molar-refractivity contribution is 5.80. The molecular formula is C23H24F2N8O. The zero-order chi connectivity index (χ0) is 23.7. The molecule has 1 saturated heterocycles. The molecule has 0 bridgehead atoms. The number of nitrogens with one attached hydrogen (secondary N) is 1. The summed E-state index contributed by atoms with van der Waals surface area (Å²) in [6.07, 6.45) is 7.01. The van der Waals surface area contributed by atoms with Gasteiger partial charge in [-0.25, -0.2) is 13.8 Å². The summed E-state index contributed by atoms with van der Waals surface area (Å²) >= 11 is 0. The lowest BCUT2D eigenvalue weighted by Crippen LogP contribution is -2.38. The highest BCUT2D eigenvalue weighted by Crippen LogP contribution is 2.30. The number of hydrogen-bond donors (Lipinski definition) is 2. The van der Waals surface area contributed by atoms with Crippen LogP contribution < -0.4 is 11.1 Å². The van der Waals surface area contributed by atoms with E-state index in [2.05, 4.69) is 25.8 Å². The van der Waals surface area contributed by atoms with Crippen LogP contribution in [0.1, 0.15) is 31.2 Å². The van der Waals surface area contributed by atoms with Gasteiger partial charge in [-0.2, -0.15) is 4.68 Å². The quantitative estimate of drug-likeness (QED) is 0.593. The summed E-state index contributed by atoms with van der Waals surface area (Å²) in [5.41, 5.74) is 8.20. The molecule has 0 aliphatic carbocycles. The molecule has 2 aliphatic rings. The molecule has 176 valence electrons. The van der Waals surface area contributed by atoms with Gasteiger partial charge in [0.2, 0.25) is 5.91 Å². The molecule has 2 aromatic heterocycles.